The molecule has 4 nitrogen and oxygen atoms in total. The van der Waals surface area contributed by atoms with E-state index in [4.69, 9.17) is 11.6 Å². The van der Waals surface area contributed by atoms with Gasteiger partial charge in [0.25, 0.3) is 5.56 Å². The molecule has 0 aliphatic heterocycles. The highest BCUT2D eigenvalue weighted by Gasteiger charge is 2.25. The molecule has 0 aliphatic rings. The van der Waals surface area contributed by atoms with E-state index in [2.05, 4.69) is 4.98 Å². The minimum atomic E-state index is -0.457. The first-order chi connectivity index (χ1) is 9.36. The first-order valence-electron chi connectivity index (χ1n) is 6.42. The molecule has 0 unspecified atom stereocenters. The molecule has 0 aliphatic carbocycles. The third kappa shape index (κ3) is 2.74. The maximum Gasteiger partial charge on any atom is 0.329 e. The van der Waals surface area contributed by atoms with Gasteiger partial charge in [-0.15, -0.1) is 11.3 Å². The second kappa shape index (κ2) is 5.58. The van der Waals surface area contributed by atoms with Crippen LogP contribution in [0.5, 0.6) is 0 Å². The molecular formula is C14H17ClN2O2S. The van der Waals surface area contributed by atoms with Crippen LogP contribution in [0.2, 0.25) is 5.15 Å². The Labute approximate surface area is 126 Å². The smallest absolute Gasteiger partial charge is 0.297 e. The Morgan fingerprint density at radius 3 is 2.65 bits per heavy atom. The Morgan fingerprint density at radius 1 is 1.40 bits per heavy atom. The molecule has 2 aromatic rings. The Kier molecular flexibility index (Phi) is 4.20. The van der Waals surface area contributed by atoms with Crippen molar-refractivity contribution < 1.29 is 0 Å². The first-order valence-corrected chi connectivity index (χ1v) is 7.68. The zero-order chi connectivity index (χ0) is 14.9. The van der Waals surface area contributed by atoms with Crippen molar-refractivity contribution in [2.24, 2.45) is 0 Å². The summed E-state index contributed by atoms with van der Waals surface area (Å²) in [5.41, 5.74) is -0.593. The average molecular weight is 313 g/mol. The molecule has 6 heteroatoms. The van der Waals surface area contributed by atoms with Crippen molar-refractivity contribution >= 4 is 22.9 Å². The van der Waals surface area contributed by atoms with Crippen LogP contribution in [0.25, 0.3) is 0 Å². The van der Waals surface area contributed by atoms with E-state index < -0.39 is 5.69 Å². The van der Waals surface area contributed by atoms with Gasteiger partial charge in [0.2, 0.25) is 0 Å². The van der Waals surface area contributed by atoms with E-state index in [-0.39, 0.29) is 16.1 Å². The second-order valence-corrected chi connectivity index (χ2v) is 6.65. The van der Waals surface area contributed by atoms with Gasteiger partial charge in [-0.05, 0) is 17.9 Å². The van der Waals surface area contributed by atoms with Gasteiger partial charge in [-0.2, -0.15) is 0 Å². The van der Waals surface area contributed by atoms with Crippen molar-refractivity contribution in [2.45, 2.75) is 39.2 Å². The minimum absolute atomic E-state index is 0.146. The van der Waals surface area contributed by atoms with Crippen LogP contribution in [0.1, 0.15) is 31.2 Å². The number of H-pyrrole nitrogens is 1. The zero-order valence-electron chi connectivity index (χ0n) is 11.7. The van der Waals surface area contributed by atoms with E-state index in [0.717, 1.165) is 4.88 Å². The summed E-state index contributed by atoms with van der Waals surface area (Å²) in [7, 11) is 0. The van der Waals surface area contributed by atoms with E-state index in [1.54, 1.807) is 11.3 Å². The predicted molar refractivity (Wildman–Crippen MR) is 83.1 cm³/mol. The number of aromatic amines is 1. The van der Waals surface area contributed by atoms with Gasteiger partial charge in [0.05, 0.1) is 5.56 Å². The van der Waals surface area contributed by atoms with E-state index in [1.807, 2.05) is 38.3 Å². The van der Waals surface area contributed by atoms with E-state index in [0.29, 0.717) is 18.5 Å². The van der Waals surface area contributed by atoms with Gasteiger partial charge in [-0.3, -0.25) is 14.3 Å². The lowest BCUT2D eigenvalue weighted by molar-refractivity contribution is 0.420. The highest BCUT2D eigenvalue weighted by molar-refractivity contribution is 7.10. The zero-order valence-corrected chi connectivity index (χ0v) is 13.3. The molecule has 0 saturated carbocycles. The van der Waals surface area contributed by atoms with Crippen molar-refractivity contribution in [1.82, 2.24) is 9.55 Å². The minimum Gasteiger partial charge on any atom is -0.297 e. The lowest BCUT2D eigenvalue weighted by Crippen LogP contribution is -2.42. The van der Waals surface area contributed by atoms with E-state index >= 15 is 0 Å². The van der Waals surface area contributed by atoms with Gasteiger partial charge in [0.15, 0.2) is 0 Å². The van der Waals surface area contributed by atoms with Crippen LogP contribution in [0.3, 0.4) is 0 Å². The van der Waals surface area contributed by atoms with Crippen molar-refractivity contribution in [3.05, 3.63) is 53.9 Å². The third-order valence-corrected chi connectivity index (χ3v) is 4.88. The number of nitrogens with one attached hydrogen (secondary N) is 1. The third-order valence-electron chi connectivity index (χ3n) is 3.33. The molecule has 0 aromatic carbocycles. The fourth-order valence-corrected chi connectivity index (χ4v) is 3.31. The Bertz CT molecular complexity index is 714. The summed E-state index contributed by atoms with van der Waals surface area (Å²) in [6.07, 6.45) is 0.494. The quantitative estimate of drug-likeness (QED) is 0.883. The van der Waals surface area contributed by atoms with Crippen LogP contribution in [0, 0.1) is 0 Å². The highest BCUT2D eigenvalue weighted by atomic mass is 35.5. The standard InChI is InChI=1S/C14H17ClN2O2S/c1-4-9-11(15)16-13(19)17(12(9)18)8-14(2,3)10-6-5-7-20-10/h5-7H,4,8H2,1-3H3,(H,16,19). The largest absolute Gasteiger partial charge is 0.329 e. The number of halogens is 1. The topological polar surface area (TPSA) is 54.9 Å². The SMILES string of the molecule is CCc1c(Cl)[nH]c(=O)n(CC(C)(C)c2cccs2)c1=O. The van der Waals surface area contributed by atoms with Crippen LogP contribution in [-0.4, -0.2) is 9.55 Å². The maximum atomic E-state index is 12.4. The monoisotopic (exact) mass is 312 g/mol. The Morgan fingerprint density at radius 2 is 2.10 bits per heavy atom. The van der Waals surface area contributed by atoms with Crippen molar-refractivity contribution in [3.8, 4) is 0 Å². The molecule has 0 saturated heterocycles. The highest BCUT2D eigenvalue weighted by Crippen LogP contribution is 2.28. The Hall–Kier alpha value is -1.33. The molecule has 2 rings (SSSR count). The number of hydrogen-bond acceptors (Lipinski definition) is 3. The molecule has 0 amide bonds. The molecular weight excluding hydrogens is 296 g/mol. The summed E-state index contributed by atoms with van der Waals surface area (Å²) in [5, 5.41) is 2.14. The summed E-state index contributed by atoms with van der Waals surface area (Å²) >= 11 is 7.53. The number of thiophene rings is 1. The van der Waals surface area contributed by atoms with E-state index in [1.165, 1.54) is 4.57 Å². The summed E-state index contributed by atoms with van der Waals surface area (Å²) in [6.45, 7) is 6.21. The molecule has 108 valence electrons. The maximum absolute atomic E-state index is 12.4. The second-order valence-electron chi connectivity index (χ2n) is 5.33. The number of rotatable bonds is 4. The van der Waals surface area contributed by atoms with Crippen molar-refractivity contribution in [3.63, 3.8) is 0 Å². The number of nitrogens with zero attached hydrogens (tertiary/aromatic N) is 1. The van der Waals surface area contributed by atoms with Crippen LogP contribution in [-0.2, 0) is 18.4 Å². The van der Waals surface area contributed by atoms with E-state index in [9.17, 15) is 9.59 Å². The fourth-order valence-electron chi connectivity index (χ4n) is 2.17. The van der Waals surface area contributed by atoms with Crippen LogP contribution in [0.15, 0.2) is 27.1 Å². The van der Waals surface area contributed by atoms with Gasteiger partial charge >= 0.3 is 5.69 Å². The van der Waals surface area contributed by atoms with Gasteiger partial charge in [-0.1, -0.05) is 38.4 Å². The summed E-state index contributed by atoms with van der Waals surface area (Å²) < 4.78 is 1.24. The van der Waals surface area contributed by atoms with Gasteiger partial charge in [-0.25, -0.2) is 4.79 Å². The van der Waals surface area contributed by atoms with Crippen LogP contribution in [0.4, 0.5) is 0 Å². The van der Waals surface area contributed by atoms with Gasteiger partial charge < -0.3 is 0 Å². The average Bonchev–Trinajstić information content (AvgIpc) is 2.89. The van der Waals surface area contributed by atoms with Gasteiger partial charge in [0.1, 0.15) is 5.15 Å². The number of hydrogen-bond donors (Lipinski definition) is 1. The van der Waals surface area contributed by atoms with Crippen molar-refractivity contribution in [2.75, 3.05) is 0 Å². The summed E-state index contributed by atoms with van der Waals surface area (Å²) in [4.78, 5) is 28.0. The molecule has 1 N–H and O–H groups in total. The first kappa shape index (κ1) is 15.1. The van der Waals surface area contributed by atoms with Gasteiger partial charge in [0, 0.05) is 16.8 Å². The molecule has 2 aromatic heterocycles. The molecule has 0 radical (unpaired) electrons. The molecule has 0 atom stereocenters. The summed E-state index contributed by atoms with van der Waals surface area (Å²) in [5.74, 6) is 0. The molecule has 0 fully saturated rings. The number of aromatic nitrogens is 2. The van der Waals surface area contributed by atoms with Crippen molar-refractivity contribution in [1.29, 1.82) is 0 Å². The molecule has 2 heterocycles. The molecule has 20 heavy (non-hydrogen) atoms. The summed E-state index contributed by atoms with van der Waals surface area (Å²) in [6, 6.07) is 3.98. The van der Waals surface area contributed by atoms with Crippen LogP contribution >= 0.6 is 22.9 Å². The predicted octanol–water partition coefficient (Wildman–Crippen LogP) is 2.79. The molecule has 0 spiro atoms. The lowest BCUT2D eigenvalue weighted by atomic mass is 9.91. The molecule has 0 bridgehead atoms. The fraction of sp³-hybridized carbons (Fsp3) is 0.429. The lowest BCUT2D eigenvalue weighted by Gasteiger charge is -2.24. The normalized spacial score (nSPS) is 11.8. The Balaban J connectivity index is 2.50. The van der Waals surface area contributed by atoms with Crippen LogP contribution < -0.4 is 11.2 Å².